The van der Waals surface area contributed by atoms with Gasteiger partial charge < -0.3 is 0 Å². The minimum atomic E-state index is -0.569. The summed E-state index contributed by atoms with van der Waals surface area (Å²) < 4.78 is 0. The summed E-state index contributed by atoms with van der Waals surface area (Å²) in [7, 11) is 0. The lowest BCUT2D eigenvalue weighted by Gasteiger charge is -2.03. The van der Waals surface area contributed by atoms with Gasteiger partial charge in [-0.2, -0.15) is 0 Å². The summed E-state index contributed by atoms with van der Waals surface area (Å²) >= 11 is 0. The van der Waals surface area contributed by atoms with Crippen molar-refractivity contribution in [3.05, 3.63) is 63.0 Å². The van der Waals surface area contributed by atoms with Crippen LogP contribution in [0.5, 0.6) is 0 Å². The van der Waals surface area contributed by atoms with Crippen molar-refractivity contribution in [2.24, 2.45) is 0 Å². The summed E-state index contributed by atoms with van der Waals surface area (Å²) in [6.07, 6.45) is 0. The molecule has 17 heavy (non-hydrogen) atoms. The van der Waals surface area contributed by atoms with Crippen LogP contribution in [0, 0.1) is 27.2 Å². The molecule has 0 heterocycles. The molecule has 2 aromatic rings. The van der Waals surface area contributed by atoms with Crippen LogP contribution in [-0.2, 0) is 0 Å². The number of benzene rings is 2. The molecule has 6 nitrogen and oxygen atoms in total. The van der Waals surface area contributed by atoms with Crippen LogP contribution in [0.3, 0.4) is 0 Å². The largest absolute Gasteiger partial charge is 0.277 e. The predicted molar refractivity (Wildman–Crippen MR) is 61.7 cm³/mol. The molecule has 0 fully saturated rings. The Morgan fingerprint density at radius 3 is 2.18 bits per heavy atom. The van der Waals surface area contributed by atoms with Crippen LogP contribution in [0.1, 0.15) is 5.56 Å². The van der Waals surface area contributed by atoms with Gasteiger partial charge in [-0.3, -0.25) is 20.2 Å². The van der Waals surface area contributed by atoms with Gasteiger partial charge >= 0.3 is 0 Å². The number of hydrogen-bond donors (Lipinski definition) is 0. The van der Waals surface area contributed by atoms with Gasteiger partial charge in [0, 0.05) is 12.1 Å². The summed E-state index contributed by atoms with van der Waals surface area (Å²) in [6, 6.07) is 6.92. The van der Waals surface area contributed by atoms with Gasteiger partial charge in [-0.05, 0) is 18.6 Å². The lowest BCUT2D eigenvalue weighted by atomic mass is 10.0. The highest BCUT2D eigenvalue weighted by molar-refractivity contribution is 5.99. The van der Waals surface area contributed by atoms with Crippen molar-refractivity contribution in [1.29, 1.82) is 0 Å². The third-order valence-corrected chi connectivity index (χ3v) is 2.48. The van der Waals surface area contributed by atoms with Crippen molar-refractivity contribution in [2.45, 2.75) is 0 Å². The summed E-state index contributed by atoms with van der Waals surface area (Å²) in [5, 5.41) is 22.1. The van der Waals surface area contributed by atoms with Crippen LogP contribution in [0.4, 0.5) is 11.4 Å². The number of nitrogens with zero attached hydrogens (tertiary/aromatic N) is 2. The maximum atomic E-state index is 10.9. The van der Waals surface area contributed by atoms with Crippen molar-refractivity contribution >= 4 is 22.1 Å². The fourth-order valence-corrected chi connectivity index (χ4v) is 1.76. The highest BCUT2D eigenvalue weighted by Crippen LogP contribution is 2.34. The van der Waals surface area contributed by atoms with E-state index in [9.17, 15) is 20.2 Å². The lowest BCUT2D eigenvalue weighted by Crippen LogP contribution is -1.95. The molecule has 0 aromatic heterocycles. The first-order valence-electron chi connectivity index (χ1n) is 4.69. The van der Waals surface area contributed by atoms with E-state index in [1.165, 1.54) is 30.3 Å². The molecule has 0 amide bonds. The Bertz CT molecular complexity index is 637. The molecule has 0 saturated heterocycles. The van der Waals surface area contributed by atoms with Gasteiger partial charge in [0.25, 0.3) is 11.4 Å². The van der Waals surface area contributed by atoms with E-state index in [0.29, 0.717) is 5.56 Å². The Hall–Kier alpha value is -2.50. The van der Waals surface area contributed by atoms with Crippen molar-refractivity contribution in [3.8, 4) is 0 Å². The first kappa shape index (κ1) is 11.0. The van der Waals surface area contributed by atoms with Crippen molar-refractivity contribution in [2.75, 3.05) is 0 Å². The first-order valence-corrected chi connectivity index (χ1v) is 4.69. The molecule has 0 aliphatic rings. The lowest BCUT2D eigenvalue weighted by molar-refractivity contribution is -0.384. The minimum absolute atomic E-state index is 0.156. The molecule has 2 rings (SSSR count). The van der Waals surface area contributed by atoms with Crippen LogP contribution in [0.15, 0.2) is 30.3 Å². The van der Waals surface area contributed by atoms with E-state index < -0.39 is 9.85 Å². The smallest absolute Gasteiger partial charge is 0.258 e. The molecule has 6 heteroatoms. The molecule has 0 N–H and O–H groups in total. The fourth-order valence-electron chi connectivity index (χ4n) is 1.76. The van der Waals surface area contributed by atoms with Crippen molar-refractivity contribution in [1.82, 2.24) is 0 Å². The average Bonchev–Trinajstić information content (AvgIpc) is 2.28. The number of fused-ring (bicyclic) bond motifs is 1. The second-order valence-corrected chi connectivity index (χ2v) is 3.46. The molecular weight excluding hydrogens is 224 g/mol. The number of nitro benzene ring substituents is 2. The van der Waals surface area contributed by atoms with E-state index in [1.807, 2.05) is 0 Å². The third kappa shape index (κ3) is 1.69. The van der Waals surface area contributed by atoms with Crippen LogP contribution >= 0.6 is 0 Å². The quantitative estimate of drug-likeness (QED) is 0.587. The zero-order valence-electron chi connectivity index (χ0n) is 8.62. The standard InChI is InChI=1S/C11H7N2O4/c1-7-5-6-9(12(14)15)8-3-2-4-10(11(7)8)13(16)17/h2-6H,1H2. The van der Waals surface area contributed by atoms with Gasteiger partial charge in [0.1, 0.15) is 0 Å². The zero-order valence-corrected chi connectivity index (χ0v) is 8.62. The molecule has 0 unspecified atom stereocenters. The van der Waals surface area contributed by atoms with Gasteiger partial charge in [-0.15, -0.1) is 0 Å². The SMILES string of the molecule is [CH2]c1ccc([N+](=O)[O-])c2cccc([N+](=O)[O-])c12. The Kier molecular flexibility index (Phi) is 2.47. The van der Waals surface area contributed by atoms with Gasteiger partial charge in [-0.25, -0.2) is 0 Å². The van der Waals surface area contributed by atoms with Crippen LogP contribution in [0.2, 0.25) is 0 Å². The predicted octanol–water partition coefficient (Wildman–Crippen LogP) is 2.84. The van der Waals surface area contributed by atoms with E-state index in [1.54, 1.807) is 0 Å². The normalized spacial score (nSPS) is 10.4. The fraction of sp³-hybridized carbons (Fsp3) is 0. The number of rotatable bonds is 2. The second-order valence-electron chi connectivity index (χ2n) is 3.46. The molecule has 0 aliphatic heterocycles. The molecule has 1 radical (unpaired) electrons. The molecule has 0 aliphatic carbocycles. The average molecular weight is 231 g/mol. The van der Waals surface area contributed by atoms with E-state index in [4.69, 9.17) is 0 Å². The number of hydrogen-bond acceptors (Lipinski definition) is 4. The van der Waals surface area contributed by atoms with Crippen molar-refractivity contribution in [3.63, 3.8) is 0 Å². The van der Waals surface area contributed by atoms with E-state index in [2.05, 4.69) is 6.92 Å². The molecule has 85 valence electrons. The first-order chi connectivity index (χ1) is 8.02. The maximum Gasteiger partial charge on any atom is 0.277 e. The summed E-state index contributed by atoms with van der Waals surface area (Å²) in [6.45, 7) is 3.67. The molecule has 0 atom stereocenters. The Morgan fingerprint density at radius 1 is 0.941 bits per heavy atom. The number of non-ortho nitro benzene ring substituents is 2. The Labute approximate surface area is 95.8 Å². The van der Waals surface area contributed by atoms with Crippen molar-refractivity contribution < 1.29 is 9.85 Å². The highest BCUT2D eigenvalue weighted by Gasteiger charge is 2.19. The topological polar surface area (TPSA) is 86.3 Å². The molecule has 0 bridgehead atoms. The van der Waals surface area contributed by atoms with E-state index in [0.717, 1.165) is 0 Å². The minimum Gasteiger partial charge on any atom is -0.258 e. The maximum absolute atomic E-state index is 10.9. The molecule has 0 spiro atoms. The Balaban J connectivity index is 2.95. The monoisotopic (exact) mass is 231 g/mol. The van der Waals surface area contributed by atoms with Crippen LogP contribution in [-0.4, -0.2) is 9.85 Å². The van der Waals surface area contributed by atoms with Gasteiger partial charge in [0.15, 0.2) is 0 Å². The zero-order chi connectivity index (χ0) is 12.6. The van der Waals surface area contributed by atoms with Gasteiger partial charge in [0.2, 0.25) is 0 Å². The van der Waals surface area contributed by atoms with Crippen LogP contribution in [0.25, 0.3) is 10.8 Å². The number of nitro groups is 2. The van der Waals surface area contributed by atoms with Gasteiger partial charge in [-0.1, -0.05) is 12.1 Å². The van der Waals surface area contributed by atoms with Gasteiger partial charge in [0.05, 0.1) is 20.6 Å². The van der Waals surface area contributed by atoms with Crippen LogP contribution < -0.4 is 0 Å². The summed E-state index contributed by atoms with van der Waals surface area (Å²) in [5.74, 6) is 0. The molecule has 0 saturated carbocycles. The summed E-state index contributed by atoms with van der Waals surface area (Å²) in [5.41, 5.74) is 0.0743. The Morgan fingerprint density at radius 2 is 1.59 bits per heavy atom. The van der Waals surface area contributed by atoms with E-state index >= 15 is 0 Å². The molecule has 2 aromatic carbocycles. The van der Waals surface area contributed by atoms with E-state index in [-0.39, 0.29) is 22.1 Å². The third-order valence-electron chi connectivity index (χ3n) is 2.48. The summed E-state index contributed by atoms with van der Waals surface area (Å²) in [4.78, 5) is 20.5. The molecular formula is C11H7N2O4. The highest BCUT2D eigenvalue weighted by atomic mass is 16.6. The second kappa shape index (κ2) is 3.82.